The second-order valence-corrected chi connectivity index (χ2v) is 2.96. The van der Waals surface area contributed by atoms with E-state index in [-0.39, 0.29) is 5.91 Å². The van der Waals surface area contributed by atoms with Gasteiger partial charge in [-0.2, -0.15) is 0 Å². The molecule has 3 N–H and O–H groups in total. The lowest BCUT2D eigenvalue weighted by Gasteiger charge is -2.05. The normalized spacial score (nSPS) is 9.86. The molecule has 14 heavy (non-hydrogen) atoms. The van der Waals surface area contributed by atoms with Gasteiger partial charge in [0.15, 0.2) is 0 Å². The van der Waals surface area contributed by atoms with Gasteiger partial charge in [-0.1, -0.05) is 0 Å². The molecule has 76 valence electrons. The van der Waals surface area contributed by atoms with Gasteiger partial charge >= 0.3 is 0 Å². The molecule has 0 spiro atoms. The number of anilines is 1. The van der Waals surface area contributed by atoms with Gasteiger partial charge in [-0.3, -0.25) is 4.79 Å². The summed E-state index contributed by atoms with van der Waals surface area (Å²) >= 11 is 0. The van der Waals surface area contributed by atoms with Crippen molar-refractivity contribution in [2.75, 3.05) is 11.9 Å². The molecule has 1 aromatic heterocycles. The zero-order valence-corrected chi connectivity index (χ0v) is 8.16. The SMILES string of the molecule is Cc1ncncc1NC(=O)CCCN. The van der Waals surface area contributed by atoms with Crippen molar-refractivity contribution in [1.82, 2.24) is 9.97 Å². The Hall–Kier alpha value is -1.49. The second kappa shape index (κ2) is 5.29. The van der Waals surface area contributed by atoms with Gasteiger partial charge < -0.3 is 11.1 Å². The molecule has 1 rings (SSSR count). The third-order valence-electron chi connectivity index (χ3n) is 1.79. The molecular formula is C9H14N4O. The van der Waals surface area contributed by atoms with Gasteiger partial charge in [0.1, 0.15) is 6.33 Å². The molecule has 0 bridgehead atoms. The predicted molar refractivity (Wildman–Crippen MR) is 53.7 cm³/mol. The molecule has 0 saturated heterocycles. The van der Waals surface area contributed by atoms with E-state index in [4.69, 9.17) is 5.73 Å². The largest absolute Gasteiger partial charge is 0.330 e. The number of carbonyl (C=O) groups excluding carboxylic acids is 1. The first-order valence-corrected chi connectivity index (χ1v) is 4.50. The molecule has 0 unspecified atom stereocenters. The summed E-state index contributed by atoms with van der Waals surface area (Å²) in [6.07, 6.45) is 4.16. The minimum absolute atomic E-state index is 0.0478. The summed E-state index contributed by atoms with van der Waals surface area (Å²) < 4.78 is 0. The third-order valence-corrected chi connectivity index (χ3v) is 1.79. The van der Waals surface area contributed by atoms with E-state index in [0.717, 1.165) is 5.69 Å². The molecule has 0 saturated carbocycles. The van der Waals surface area contributed by atoms with Crippen molar-refractivity contribution in [2.24, 2.45) is 5.73 Å². The Bertz CT molecular complexity index is 313. The molecule has 0 fully saturated rings. The standard InChI is InChI=1S/C9H14N4O/c1-7-8(5-11-6-12-7)13-9(14)3-2-4-10/h5-6H,2-4,10H2,1H3,(H,13,14). The first-order valence-electron chi connectivity index (χ1n) is 4.50. The fourth-order valence-corrected chi connectivity index (χ4v) is 0.989. The van der Waals surface area contributed by atoms with Gasteiger partial charge in [-0.15, -0.1) is 0 Å². The Morgan fingerprint density at radius 1 is 1.64 bits per heavy atom. The zero-order valence-electron chi connectivity index (χ0n) is 8.16. The third kappa shape index (κ3) is 3.10. The van der Waals surface area contributed by atoms with E-state index in [9.17, 15) is 4.79 Å². The number of carbonyl (C=O) groups is 1. The summed E-state index contributed by atoms with van der Waals surface area (Å²) in [7, 11) is 0. The van der Waals surface area contributed by atoms with Crippen LogP contribution in [0.4, 0.5) is 5.69 Å². The number of rotatable bonds is 4. The van der Waals surface area contributed by atoms with E-state index >= 15 is 0 Å². The molecule has 0 aliphatic carbocycles. The number of hydrogen-bond acceptors (Lipinski definition) is 4. The van der Waals surface area contributed by atoms with Crippen LogP contribution in [0.5, 0.6) is 0 Å². The van der Waals surface area contributed by atoms with Crippen molar-refractivity contribution in [3.63, 3.8) is 0 Å². The molecule has 1 heterocycles. The minimum Gasteiger partial charge on any atom is -0.330 e. The molecule has 0 aromatic carbocycles. The van der Waals surface area contributed by atoms with Gasteiger partial charge in [0.05, 0.1) is 17.6 Å². The van der Waals surface area contributed by atoms with Crippen LogP contribution in [-0.4, -0.2) is 22.4 Å². The summed E-state index contributed by atoms with van der Waals surface area (Å²) in [5.74, 6) is -0.0478. The maximum atomic E-state index is 11.3. The Balaban J connectivity index is 2.52. The quantitative estimate of drug-likeness (QED) is 0.729. The van der Waals surface area contributed by atoms with Crippen molar-refractivity contribution in [2.45, 2.75) is 19.8 Å². The van der Waals surface area contributed by atoms with Crippen molar-refractivity contribution >= 4 is 11.6 Å². The summed E-state index contributed by atoms with van der Waals surface area (Å²) in [6.45, 7) is 2.35. The highest BCUT2D eigenvalue weighted by atomic mass is 16.1. The van der Waals surface area contributed by atoms with Crippen LogP contribution >= 0.6 is 0 Å². The summed E-state index contributed by atoms with van der Waals surface area (Å²) in [5.41, 5.74) is 6.72. The molecule has 0 atom stereocenters. The van der Waals surface area contributed by atoms with E-state index in [1.807, 2.05) is 6.92 Å². The van der Waals surface area contributed by atoms with Crippen LogP contribution in [0.1, 0.15) is 18.5 Å². The van der Waals surface area contributed by atoms with Crippen LogP contribution in [0.3, 0.4) is 0 Å². The molecular weight excluding hydrogens is 180 g/mol. The van der Waals surface area contributed by atoms with E-state index in [0.29, 0.717) is 25.1 Å². The Morgan fingerprint density at radius 3 is 3.07 bits per heavy atom. The number of aromatic nitrogens is 2. The average molecular weight is 194 g/mol. The monoisotopic (exact) mass is 194 g/mol. The number of nitrogens with one attached hydrogen (secondary N) is 1. The Kier molecular flexibility index (Phi) is 4.00. The number of aryl methyl sites for hydroxylation is 1. The first-order chi connectivity index (χ1) is 6.74. The number of hydrogen-bond donors (Lipinski definition) is 2. The maximum Gasteiger partial charge on any atom is 0.224 e. The van der Waals surface area contributed by atoms with Crippen LogP contribution in [0, 0.1) is 6.92 Å². The number of amides is 1. The summed E-state index contributed by atoms with van der Waals surface area (Å²) in [6, 6.07) is 0. The van der Waals surface area contributed by atoms with Crippen LogP contribution in [0.25, 0.3) is 0 Å². The number of nitrogens with two attached hydrogens (primary N) is 1. The Morgan fingerprint density at radius 2 is 2.43 bits per heavy atom. The molecule has 5 heteroatoms. The average Bonchev–Trinajstić information content (AvgIpc) is 2.18. The topological polar surface area (TPSA) is 80.9 Å². The molecule has 0 aliphatic rings. The van der Waals surface area contributed by atoms with E-state index < -0.39 is 0 Å². The van der Waals surface area contributed by atoms with Crippen LogP contribution < -0.4 is 11.1 Å². The lowest BCUT2D eigenvalue weighted by atomic mass is 10.3. The zero-order chi connectivity index (χ0) is 10.4. The van der Waals surface area contributed by atoms with E-state index in [1.54, 1.807) is 6.20 Å². The van der Waals surface area contributed by atoms with Crippen LogP contribution in [0.2, 0.25) is 0 Å². The lowest BCUT2D eigenvalue weighted by molar-refractivity contribution is -0.116. The van der Waals surface area contributed by atoms with E-state index in [2.05, 4.69) is 15.3 Å². The minimum atomic E-state index is -0.0478. The van der Waals surface area contributed by atoms with Gasteiger partial charge in [0.25, 0.3) is 0 Å². The van der Waals surface area contributed by atoms with Gasteiger partial charge in [-0.05, 0) is 19.9 Å². The lowest BCUT2D eigenvalue weighted by Crippen LogP contribution is -2.14. The fourth-order valence-electron chi connectivity index (χ4n) is 0.989. The van der Waals surface area contributed by atoms with Crippen molar-refractivity contribution < 1.29 is 4.79 Å². The molecule has 1 amide bonds. The highest BCUT2D eigenvalue weighted by Gasteiger charge is 2.04. The molecule has 1 aromatic rings. The highest BCUT2D eigenvalue weighted by Crippen LogP contribution is 2.08. The summed E-state index contributed by atoms with van der Waals surface area (Å²) in [4.78, 5) is 19.1. The van der Waals surface area contributed by atoms with Crippen molar-refractivity contribution in [1.29, 1.82) is 0 Å². The maximum absolute atomic E-state index is 11.3. The molecule has 0 radical (unpaired) electrons. The number of nitrogens with zero attached hydrogens (tertiary/aromatic N) is 2. The molecule has 0 aliphatic heterocycles. The smallest absolute Gasteiger partial charge is 0.224 e. The van der Waals surface area contributed by atoms with Gasteiger partial charge in [0, 0.05) is 6.42 Å². The first kappa shape index (κ1) is 10.6. The van der Waals surface area contributed by atoms with Crippen LogP contribution in [-0.2, 0) is 4.79 Å². The second-order valence-electron chi connectivity index (χ2n) is 2.96. The highest BCUT2D eigenvalue weighted by molar-refractivity contribution is 5.90. The summed E-state index contributed by atoms with van der Waals surface area (Å²) in [5, 5.41) is 2.73. The fraction of sp³-hybridized carbons (Fsp3) is 0.444. The van der Waals surface area contributed by atoms with E-state index in [1.165, 1.54) is 6.33 Å². The van der Waals surface area contributed by atoms with Crippen molar-refractivity contribution in [3.8, 4) is 0 Å². The molecule has 5 nitrogen and oxygen atoms in total. The van der Waals surface area contributed by atoms with Crippen molar-refractivity contribution in [3.05, 3.63) is 18.2 Å². The van der Waals surface area contributed by atoms with Gasteiger partial charge in [-0.25, -0.2) is 9.97 Å². The van der Waals surface area contributed by atoms with Crippen LogP contribution in [0.15, 0.2) is 12.5 Å². The van der Waals surface area contributed by atoms with Gasteiger partial charge in [0.2, 0.25) is 5.91 Å². The Labute approximate surface area is 82.7 Å². The predicted octanol–water partition coefficient (Wildman–Crippen LogP) is 0.462.